The van der Waals surface area contributed by atoms with E-state index < -0.39 is 47.5 Å². The molecule has 2 saturated heterocycles. The number of ether oxygens (including phenoxy) is 2. The molecule has 4 N–H and O–H groups in total. The van der Waals surface area contributed by atoms with Crippen LogP contribution in [0.25, 0.3) is 0 Å². The van der Waals surface area contributed by atoms with Gasteiger partial charge in [0.25, 0.3) is 0 Å². The fourth-order valence-electron chi connectivity index (χ4n) is 6.33. The molecule has 5 atom stereocenters. The molecule has 2 aromatic carbocycles. The van der Waals surface area contributed by atoms with Crippen molar-refractivity contribution in [1.29, 1.82) is 0 Å². The van der Waals surface area contributed by atoms with Gasteiger partial charge in [-0.25, -0.2) is 0 Å². The van der Waals surface area contributed by atoms with Gasteiger partial charge < -0.3 is 30.7 Å². The van der Waals surface area contributed by atoms with Gasteiger partial charge in [-0.05, 0) is 55.6 Å². The molecule has 0 saturated carbocycles. The maximum absolute atomic E-state index is 14.1. The Labute approximate surface area is 308 Å². The zero-order valence-electron chi connectivity index (χ0n) is 31.3. The third-order valence-corrected chi connectivity index (χ3v) is 9.38. The van der Waals surface area contributed by atoms with Crippen molar-refractivity contribution in [3.05, 3.63) is 71.8 Å². The van der Waals surface area contributed by atoms with Crippen LogP contribution < -0.4 is 21.3 Å². The Hall–Kier alpha value is -4.13. The van der Waals surface area contributed by atoms with E-state index in [1.54, 1.807) is 6.92 Å². The molecule has 2 aliphatic rings. The van der Waals surface area contributed by atoms with Crippen molar-refractivity contribution in [2.24, 2.45) is 11.8 Å². The lowest BCUT2D eigenvalue weighted by molar-refractivity contribution is -0.135. The van der Waals surface area contributed by atoms with E-state index in [0.29, 0.717) is 58.6 Å². The number of nitrogens with one attached hydrogen (secondary N) is 4. The summed E-state index contributed by atoms with van der Waals surface area (Å²) in [6.45, 7) is 12.3. The summed E-state index contributed by atoms with van der Waals surface area (Å²) in [7, 11) is 0. The number of amides is 4. The van der Waals surface area contributed by atoms with Crippen LogP contribution in [0.4, 0.5) is 0 Å². The van der Waals surface area contributed by atoms with Gasteiger partial charge in [-0.2, -0.15) is 0 Å². The molecule has 0 spiro atoms. The number of benzene rings is 2. The van der Waals surface area contributed by atoms with E-state index in [4.69, 9.17) is 9.47 Å². The predicted octanol–water partition coefficient (Wildman–Crippen LogP) is 2.58. The third kappa shape index (κ3) is 13.1. The molecular weight excluding hydrogens is 662 g/mol. The minimum Gasteiger partial charge on any atom is -0.379 e. The summed E-state index contributed by atoms with van der Waals surface area (Å²) in [5, 5.41) is 11.7. The molecule has 2 heterocycles. The Balaban J connectivity index is 1.51. The van der Waals surface area contributed by atoms with E-state index in [-0.39, 0.29) is 36.5 Å². The number of aryl methyl sites for hydroxylation is 1. The number of epoxide rings is 1. The second kappa shape index (κ2) is 19.6. The lowest BCUT2D eigenvalue weighted by atomic mass is 9.93. The first kappa shape index (κ1) is 40.6. The number of Topliss-reactive ketones (excluding diaryl/α,β-unsaturated/α-hetero) is 1. The topological polar surface area (TPSA) is 158 Å². The summed E-state index contributed by atoms with van der Waals surface area (Å²) in [6, 6.07) is 15.3. The van der Waals surface area contributed by atoms with Gasteiger partial charge >= 0.3 is 0 Å². The van der Waals surface area contributed by atoms with E-state index in [2.05, 4.69) is 21.3 Å². The molecule has 0 aromatic heterocycles. The van der Waals surface area contributed by atoms with E-state index in [1.165, 1.54) is 0 Å². The summed E-state index contributed by atoms with van der Waals surface area (Å²) in [4.78, 5) is 70.5. The summed E-state index contributed by atoms with van der Waals surface area (Å²) < 4.78 is 10.8. The van der Waals surface area contributed by atoms with E-state index in [9.17, 15) is 24.0 Å². The number of carbonyl (C=O) groups is 5. The minimum absolute atomic E-state index is 0.0171. The normalized spacial score (nSPS) is 19.6. The quantitative estimate of drug-likeness (QED) is 0.152. The Morgan fingerprint density at radius 3 is 1.77 bits per heavy atom. The number of rotatable bonds is 20. The molecule has 2 aliphatic heterocycles. The molecule has 0 unspecified atom stereocenters. The number of morpholine rings is 1. The van der Waals surface area contributed by atoms with Gasteiger partial charge in [0, 0.05) is 19.5 Å². The van der Waals surface area contributed by atoms with Crippen LogP contribution in [-0.2, 0) is 46.3 Å². The first-order valence-corrected chi connectivity index (χ1v) is 18.6. The number of carbonyl (C=O) groups excluding carboxylic acids is 5. The van der Waals surface area contributed by atoms with Crippen LogP contribution in [0.5, 0.6) is 0 Å². The molecular formula is C40H57N5O7. The second-order valence-corrected chi connectivity index (χ2v) is 15.0. The van der Waals surface area contributed by atoms with Gasteiger partial charge in [-0.15, -0.1) is 0 Å². The summed E-state index contributed by atoms with van der Waals surface area (Å²) in [6.07, 6.45) is 1.76. The van der Waals surface area contributed by atoms with Gasteiger partial charge in [0.05, 0.1) is 32.4 Å². The highest BCUT2D eigenvalue weighted by Gasteiger charge is 2.50. The molecule has 4 amide bonds. The largest absolute Gasteiger partial charge is 0.379 e. The Morgan fingerprint density at radius 1 is 0.692 bits per heavy atom. The Morgan fingerprint density at radius 2 is 1.19 bits per heavy atom. The monoisotopic (exact) mass is 719 g/mol. The van der Waals surface area contributed by atoms with Crippen LogP contribution in [0, 0.1) is 11.8 Å². The molecule has 0 radical (unpaired) electrons. The average molecular weight is 720 g/mol. The van der Waals surface area contributed by atoms with Crippen LogP contribution in [0.3, 0.4) is 0 Å². The second-order valence-electron chi connectivity index (χ2n) is 15.0. The van der Waals surface area contributed by atoms with Gasteiger partial charge in [-0.1, -0.05) is 88.4 Å². The summed E-state index contributed by atoms with van der Waals surface area (Å²) in [5.74, 6) is -1.83. The lowest BCUT2D eigenvalue weighted by Crippen LogP contribution is -2.59. The van der Waals surface area contributed by atoms with Crippen LogP contribution >= 0.6 is 0 Å². The highest BCUT2D eigenvalue weighted by molar-refractivity contribution is 5.98. The van der Waals surface area contributed by atoms with Crippen molar-refractivity contribution in [2.45, 2.75) is 96.5 Å². The third-order valence-electron chi connectivity index (χ3n) is 9.38. The van der Waals surface area contributed by atoms with Gasteiger partial charge in [0.1, 0.15) is 23.7 Å². The highest BCUT2D eigenvalue weighted by atomic mass is 16.6. The maximum Gasteiger partial charge on any atom is 0.243 e. The Bertz CT molecular complexity index is 1480. The first-order valence-electron chi connectivity index (χ1n) is 18.6. The molecule has 0 aliphatic carbocycles. The number of hydrogen-bond donors (Lipinski definition) is 4. The zero-order valence-corrected chi connectivity index (χ0v) is 31.3. The van der Waals surface area contributed by atoms with Gasteiger partial charge in [-0.3, -0.25) is 28.9 Å². The molecule has 284 valence electrons. The van der Waals surface area contributed by atoms with E-state index in [1.807, 2.05) is 93.3 Å². The van der Waals surface area contributed by atoms with Crippen LogP contribution in [-0.4, -0.2) is 104 Å². The van der Waals surface area contributed by atoms with Crippen molar-refractivity contribution in [3.8, 4) is 0 Å². The molecule has 0 bridgehead atoms. The number of hydrogen-bond acceptors (Lipinski definition) is 8. The summed E-state index contributed by atoms with van der Waals surface area (Å²) in [5.41, 5.74) is 0.915. The van der Waals surface area contributed by atoms with Crippen molar-refractivity contribution in [1.82, 2.24) is 26.2 Å². The fourth-order valence-corrected chi connectivity index (χ4v) is 6.33. The van der Waals surface area contributed by atoms with Gasteiger partial charge in [0.15, 0.2) is 5.78 Å². The molecule has 4 rings (SSSR count). The molecule has 12 nitrogen and oxygen atoms in total. The SMILES string of the molecule is CC(C)C[C@H](NC(=O)[C@@H](CCc1ccccc1)NC(=O)CN1CCOCC1)C(=O)N[C@H](Cc1ccccc1)C(=O)N[C@H](CC(C)C)C(=O)[C@]1(C)CO1. The zero-order chi connectivity index (χ0) is 37.7. The average Bonchev–Trinajstić information content (AvgIpc) is 3.87. The lowest BCUT2D eigenvalue weighted by Gasteiger charge is -2.29. The van der Waals surface area contributed by atoms with Gasteiger partial charge in [0.2, 0.25) is 23.6 Å². The number of ketones is 1. The fraction of sp³-hybridized carbons (Fsp3) is 0.575. The highest BCUT2D eigenvalue weighted by Crippen LogP contribution is 2.29. The molecule has 52 heavy (non-hydrogen) atoms. The van der Waals surface area contributed by atoms with Crippen LogP contribution in [0.15, 0.2) is 60.7 Å². The van der Waals surface area contributed by atoms with E-state index in [0.717, 1.165) is 11.1 Å². The predicted molar refractivity (Wildman–Crippen MR) is 198 cm³/mol. The van der Waals surface area contributed by atoms with Crippen molar-refractivity contribution in [2.75, 3.05) is 39.5 Å². The molecule has 12 heteroatoms. The minimum atomic E-state index is -1.03. The van der Waals surface area contributed by atoms with Crippen molar-refractivity contribution in [3.63, 3.8) is 0 Å². The molecule has 2 aromatic rings. The maximum atomic E-state index is 14.1. The van der Waals surface area contributed by atoms with Crippen molar-refractivity contribution < 1.29 is 33.4 Å². The Kier molecular flexibility index (Phi) is 15.3. The van der Waals surface area contributed by atoms with Crippen LogP contribution in [0.2, 0.25) is 0 Å². The van der Waals surface area contributed by atoms with Crippen molar-refractivity contribution >= 4 is 29.4 Å². The van der Waals surface area contributed by atoms with Crippen LogP contribution in [0.1, 0.15) is 65.0 Å². The van der Waals surface area contributed by atoms with E-state index >= 15 is 0 Å². The summed E-state index contributed by atoms with van der Waals surface area (Å²) >= 11 is 0. The first-order chi connectivity index (χ1) is 24.8. The molecule has 2 fully saturated rings. The smallest absolute Gasteiger partial charge is 0.243 e. The number of nitrogens with zero attached hydrogens (tertiary/aromatic N) is 1. The standard InChI is InChI=1S/C40H57N5O7/c1-27(2)22-32(36(47)40(5)26-52-40)42-39(50)34(24-30-14-10-7-11-15-30)44-38(49)33(23-28(3)4)43-37(48)31(17-16-29-12-8-6-9-13-29)41-35(46)25-45-18-20-51-21-19-45/h6-15,27-28,31-34H,16-26H2,1-5H3,(H,41,46)(H,42,50)(H,43,48)(H,44,49)/t31-,32-,33+,34-,40+/m1/s1.